The predicted molar refractivity (Wildman–Crippen MR) is 74.9 cm³/mol. The molecule has 21 heavy (non-hydrogen) atoms. The Morgan fingerprint density at radius 2 is 2.00 bits per heavy atom. The maximum absolute atomic E-state index is 13.1. The Kier molecular flexibility index (Phi) is 3.61. The van der Waals surface area contributed by atoms with Crippen LogP contribution in [0.5, 0.6) is 0 Å². The molecule has 3 aromatic rings. The van der Waals surface area contributed by atoms with Crippen LogP contribution in [0.15, 0.2) is 23.6 Å². The molecule has 0 atom stereocenters. The molecular weight excluding hydrogens is 296 g/mol. The molecule has 0 saturated heterocycles. The molecule has 0 fully saturated rings. The lowest BCUT2D eigenvalue weighted by Crippen LogP contribution is -1.95. The number of thiazole rings is 1. The molecule has 8 heteroatoms. The molecule has 5 nitrogen and oxygen atoms in total. The van der Waals surface area contributed by atoms with Gasteiger partial charge in [-0.3, -0.25) is 5.10 Å². The Bertz CT molecular complexity index is 768. The van der Waals surface area contributed by atoms with Crippen molar-refractivity contribution in [3.05, 3.63) is 58.1 Å². The first-order valence-electron chi connectivity index (χ1n) is 6.14. The first-order valence-corrected chi connectivity index (χ1v) is 7.02. The van der Waals surface area contributed by atoms with Gasteiger partial charge < -0.3 is 5.73 Å². The van der Waals surface area contributed by atoms with E-state index >= 15 is 0 Å². The van der Waals surface area contributed by atoms with E-state index in [2.05, 4.69) is 20.2 Å². The number of hydrogen-bond donors (Lipinski definition) is 2. The molecule has 2 aromatic heterocycles. The summed E-state index contributed by atoms with van der Waals surface area (Å²) in [5, 5.41) is 9.21. The zero-order chi connectivity index (χ0) is 14.8. The number of hydrogen-bond acceptors (Lipinski definition) is 5. The summed E-state index contributed by atoms with van der Waals surface area (Å²) in [5.74, 6) is -0.569. The van der Waals surface area contributed by atoms with Crippen molar-refractivity contribution in [1.82, 2.24) is 20.2 Å². The summed E-state index contributed by atoms with van der Waals surface area (Å²) in [6, 6.07) is 3.76. The lowest BCUT2D eigenvalue weighted by Gasteiger charge is -1.98. The van der Waals surface area contributed by atoms with Gasteiger partial charge in [0.15, 0.2) is 22.6 Å². The van der Waals surface area contributed by atoms with Crippen molar-refractivity contribution < 1.29 is 8.78 Å². The summed E-state index contributed by atoms with van der Waals surface area (Å²) in [6.07, 6.45) is 0.825. The average Bonchev–Trinajstić information content (AvgIpc) is 3.04. The van der Waals surface area contributed by atoms with Gasteiger partial charge in [-0.1, -0.05) is 6.07 Å². The summed E-state index contributed by atoms with van der Waals surface area (Å²) in [6.45, 7) is 0. The molecule has 0 radical (unpaired) electrons. The Morgan fingerprint density at radius 1 is 1.14 bits per heavy atom. The van der Waals surface area contributed by atoms with Crippen molar-refractivity contribution in [3.8, 4) is 0 Å². The highest BCUT2D eigenvalue weighted by Crippen LogP contribution is 2.14. The predicted octanol–water partition coefficient (Wildman–Crippen LogP) is 2.30. The van der Waals surface area contributed by atoms with E-state index in [9.17, 15) is 8.78 Å². The second kappa shape index (κ2) is 5.57. The molecular formula is C13H11F2N5S. The van der Waals surface area contributed by atoms with Gasteiger partial charge >= 0.3 is 0 Å². The van der Waals surface area contributed by atoms with Crippen LogP contribution in [-0.4, -0.2) is 20.2 Å². The second-order valence-electron chi connectivity index (χ2n) is 4.48. The van der Waals surface area contributed by atoms with Crippen LogP contribution in [0.1, 0.15) is 22.9 Å². The van der Waals surface area contributed by atoms with E-state index in [4.69, 9.17) is 5.73 Å². The summed E-state index contributed by atoms with van der Waals surface area (Å²) in [7, 11) is 0. The van der Waals surface area contributed by atoms with E-state index in [-0.39, 0.29) is 0 Å². The van der Waals surface area contributed by atoms with Gasteiger partial charge in [-0.25, -0.2) is 18.7 Å². The molecule has 0 aliphatic rings. The van der Waals surface area contributed by atoms with Crippen molar-refractivity contribution >= 4 is 16.5 Å². The highest BCUT2D eigenvalue weighted by Gasteiger charge is 2.09. The third-order valence-electron chi connectivity index (χ3n) is 2.84. The highest BCUT2D eigenvalue weighted by atomic mass is 32.1. The van der Waals surface area contributed by atoms with E-state index in [1.54, 1.807) is 0 Å². The molecule has 0 amide bonds. The number of H-pyrrole nitrogens is 1. The quantitative estimate of drug-likeness (QED) is 0.775. The lowest BCUT2D eigenvalue weighted by atomic mass is 10.1. The first kappa shape index (κ1) is 13.6. The van der Waals surface area contributed by atoms with E-state index in [0.717, 1.165) is 17.8 Å². The average molecular weight is 307 g/mol. The van der Waals surface area contributed by atoms with Crippen LogP contribution in [-0.2, 0) is 12.8 Å². The van der Waals surface area contributed by atoms with Crippen LogP contribution < -0.4 is 5.73 Å². The second-order valence-corrected chi connectivity index (χ2v) is 5.37. The minimum atomic E-state index is -0.870. The van der Waals surface area contributed by atoms with Crippen LogP contribution in [0.3, 0.4) is 0 Å². The van der Waals surface area contributed by atoms with Crippen LogP contribution >= 0.6 is 11.3 Å². The number of nitrogens with two attached hydrogens (primary N) is 1. The number of rotatable bonds is 4. The van der Waals surface area contributed by atoms with Crippen LogP contribution in [0.2, 0.25) is 0 Å². The van der Waals surface area contributed by atoms with Gasteiger partial charge in [0.2, 0.25) is 0 Å². The van der Waals surface area contributed by atoms with Gasteiger partial charge in [0, 0.05) is 11.8 Å². The van der Waals surface area contributed by atoms with Crippen molar-refractivity contribution in [2.75, 3.05) is 5.73 Å². The van der Waals surface area contributed by atoms with E-state index in [1.165, 1.54) is 17.4 Å². The van der Waals surface area contributed by atoms with Gasteiger partial charge in [0.05, 0.1) is 12.1 Å². The standard InChI is InChI=1S/C13H11F2N5S/c14-9-2-1-7(3-10(9)15)4-11-18-12(20-19-11)5-8-6-21-13(16)17-8/h1-3,6H,4-5H2,(H2,16,17)(H,18,19,20). The van der Waals surface area contributed by atoms with Crippen LogP contribution in [0.25, 0.3) is 0 Å². The van der Waals surface area contributed by atoms with E-state index < -0.39 is 11.6 Å². The molecule has 0 bridgehead atoms. The number of benzene rings is 1. The molecule has 3 rings (SSSR count). The molecule has 0 aliphatic carbocycles. The van der Waals surface area contributed by atoms with E-state index in [0.29, 0.717) is 35.2 Å². The monoisotopic (exact) mass is 307 g/mol. The number of nitrogen functional groups attached to an aromatic ring is 1. The molecule has 3 N–H and O–H groups in total. The smallest absolute Gasteiger partial charge is 0.180 e. The fourth-order valence-electron chi connectivity index (χ4n) is 1.90. The number of aromatic nitrogens is 4. The minimum absolute atomic E-state index is 0.351. The third kappa shape index (κ3) is 3.22. The SMILES string of the molecule is Nc1nc(Cc2n[nH]c(Cc3ccc(F)c(F)c3)n2)cs1. The molecule has 2 heterocycles. The number of halogens is 2. The van der Waals surface area contributed by atoms with Gasteiger partial charge in [0.25, 0.3) is 0 Å². The number of anilines is 1. The molecule has 0 aliphatic heterocycles. The molecule has 108 valence electrons. The van der Waals surface area contributed by atoms with Gasteiger partial charge in [-0.15, -0.1) is 11.3 Å². The normalized spacial score (nSPS) is 11.0. The number of nitrogens with one attached hydrogen (secondary N) is 1. The Hall–Kier alpha value is -2.35. The van der Waals surface area contributed by atoms with Gasteiger partial charge in [-0.2, -0.15) is 5.10 Å². The molecule has 0 spiro atoms. The summed E-state index contributed by atoms with van der Waals surface area (Å²) < 4.78 is 26.0. The lowest BCUT2D eigenvalue weighted by molar-refractivity contribution is 0.507. The van der Waals surface area contributed by atoms with Crippen molar-refractivity contribution in [1.29, 1.82) is 0 Å². The van der Waals surface area contributed by atoms with Gasteiger partial charge in [0.1, 0.15) is 5.82 Å². The number of nitrogens with zero attached hydrogens (tertiary/aromatic N) is 3. The van der Waals surface area contributed by atoms with Crippen LogP contribution in [0, 0.1) is 11.6 Å². The Morgan fingerprint density at radius 3 is 2.71 bits per heavy atom. The third-order valence-corrected chi connectivity index (χ3v) is 3.57. The minimum Gasteiger partial charge on any atom is -0.375 e. The molecule has 0 saturated carbocycles. The number of aromatic amines is 1. The molecule has 1 aromatic carbocycles. The topological polar surface area (TPSA) is 80.5 Å². The molecule has 0 unspecified atom stereocenters. The fourth-order valence-corrected chi connectivity index (χ4v) is 2.46. The zero-order valence-corrected chi connectivity index (χ0v) is 11.6. The maximum atomic E-state index is 13.1. The van der Waals surface area contributed by atoms with Crippen molar-refractivity contribution in [2.24, 2.45) is 0 Å². The Labute approximate surface area is 122 Å². The Balaban J connectivity index is 1.71. The van der Waals surface area contributed by atoms with E-state index in [1.807, 2.05) is 5.38 Å². The van der Waals surface area contributed by atoms with Crippen molar-refractivity contribution in [3.63, 3.8) is 0 Å². The van der Waals surface area contributed by atoms with Crippen molar-refractivity contribution in [2.45, 2.75) is 12.8 Å². The largest absolute Gasteiger partial charge is 0.375 e. The summed E-state index contributed by atoms with van der Waals surface area (Å²) in [4.78, 5) is 8.43. The fraction of sp³-hybridized carbons (Fsp3) is 0.154. The highest BCUT2D eigenvalue weighted by molar-refractivity contribution is 7.13. The zero-order valence-electron chi connectivity index (χ0n) is 10.8. The van der Waals surface area contributed by atoms with Gasteiger partial charge in [-0.05, 0) is 17.7 Å². The first-order chi connectivity index (χ1) is 10.1. The summed E-state index contributed by atoms with van der Waals surface area (Å²) in [5.41, 5.74) is 6.98. The summed E-state index contributed by atoms with van der Waals surface area (Å²) >= 11 is 1.36. The maximum Gasteiger partial charge on any atom is 0.180 e. The van der Waals surface area contributed by atoms with Crippen LogP contribution in [0.4, 0.5) is 13.9 Å².